The van der Waals surface area contributed by atoms with Gasteiger partial charge in [0.2, 0.25) is 0 Å². The number of carbonyl (C=O) groups is 1. The van der Waals surface area contributed by atoms with Crippen molar-refractivity contribution in [2.45, 2.75) is 25.1 Å². The summed E-state index contributed by atoms with van der Waals surface area (Å²) < 4.78 is 39.3. The van der Waals surface area contributed by atoms with E-state index in [-0.39, 0.29) is 24.0 Å². The number of hydrogen-bond acceptors (Lipinski definition) is 3. The van der Waals surface area contributed by atoms with E-state index in [9.17, 15) is 18.0 Å². The zero-order chi connectivity index (χ0) is 15.6. The molecule has 116 valence electrons. The largest absolute Gasteiger partial charge is 0.465 e. The summed E-state index contributed by atoms with van der Waals surface area (Å²) in [6.45, 7) is 0.657. The Kier molecular flexibility index (Phi) is 4.15. The third-order valence-electron chi connectivity index (χ3n) is 3.42. The van der Waals surface area contributed by atoms with Gasteiger partial charge in [-0.05, 0) is 31.0 Å². The van der Waals surface area contributed by atoms with Crippen LogP contribution in [0, 0.1) is 0 Å². The lowest BCUT2D eigenvalue weighted by Gasteiger charge is -2.35. The number of nitrogens with zero attached hydrogens (tertiary/aromatic N) is 1. The SMILES string of the molecule is Nc1ccc(N2CCC[C@@H](NC(=O)O)C2)c(C(F)(F)F)c1. The van der Waals surface area contributed by atoms with Gasteiger partial charge in [0.15, 0.2) is 0 Å². The normalized spacial score (nSPS) is 19.4. The lowest BCUT2D eigenvalue weighted by molar-refractivity contribution is -0.137. The molecule has 0 aromatic heterocycles. The smallest absolute Gasteiger partial charge is 0.418 e. The van der Waals surface area contributed by atoms with E-state index < -0.39 is 17.8 Å². The first-order valence-electron chi connectivity index (χ1n) is 6.48. The average molecular weight is 303 g/mol. The molecule has 0 bridgehead atoms. The molecule has 1 fully saturated rings. The Morgan fingerprint density at radius 3 is 2.76 bits per heavy atom. The summed E-state index contributed by atoms with van der Waals surface area (Å²) in [4.78, 5) is 12.2. The lowest BCUT2D eigenvalue weighted by atomic mass is 10.0. The van der Waals surface area contributed by atoms with Crippen molar-refractivity contribution >= 4 is 17.5 Å². The summed E-state index contributed by atoms with van der Waals surface area (Å²) in [7, 11) is 0. The zero-order valence-corrected chi connectivity index (χ0v) is 11.2. The number of nitrogens with one attached hydrogen (secondary N) is 1. The molecular weight excluding hydrogens is 287 g/mol. The van der Waals surface area contributed by atoms with Gasteiger partial charge < -0.3 is 21.1 Å². The fourth-order valence-electron chi connectivity index (χ4n) is 2.54. The Bertz CT molecular complexity index is 534. The van der Waals surface area contributed by atoms with E-state index in [1.54, 1.807) is 4.90 Å². The first-order chi connectivity index (χ1) is 9.77. The molecule has 1 atom stereocenters. The van der Waals surface area contributed by atoms with Crippen molar-refractivity contribution in [1.29, 1.82) is 0 Å². The molecule has 0 aliphatic carbocycles. The number of benzene rings is 1. The lowest BCUT2D eigenvalue weighted by Crippen LogP contribution is -2.47. The van der Waals surface area contributed by atoms with Gasteiger partial charge in [0.1, 0.15) is 0 Å². The van der Waals surface area contributed by atoms with Crippen molar-refractivity contribution < 1.29 is 23.1 Å². The van der Waals surface area contributed by atoms with Crippen LogP contribution in [0.4, 0.5) is 29.3 Å². The molecule has 5 nitrogen and oxygen atoms in total. The summed E-state index contributed by atoms with van der Waals surface area (Å²) in [6.07, 6.45) is -4.45. The molecule has 21 heavy (non-hydrogen) atoms. The molecule has 0 spiro atoms. The summed E-state index contributed by atoms with van der Waals surface area (Å²) in [5.74, 6) is 0. The number of piperidine rings is 1. The van der Waals surface area contributed by atoms with Gasteiger partial charge in [-0.3, -0.25) is 0 Å². The topological polar surface area (TPSA) is 78.6 Å². The van der Waals surface area contributed by atoms with Gasteiger partial charge in [0.25, 0.3) is 0 Å². The Morgan fingerprint density at radius 1 is 1.43 bits per heavy atom. The van der Waals surface area contributed by atoms with Crippen molar-refractivity contribution in [2.24, 2.45) is 0 Å². The van der Waals surface area contributed by atoms with Crippen LogP contribution in [-0.2, 0) is 6.18 Å². The summed E-state index contributed by atoms with van der Waals surface area (Å²) >= 11 is 0. The molecule has 1 saturated heterocycles. The van der Waals surface area contributed by atoms with E-state index >= 15 is 0 Å². The fourth-order valence-corrected chi connectivity index (χ4v) is 2.54. The first-order valence-corrected chi connectivity index (χ1v) is 6.48. The number of nitrogen functional groups attached to an aromatic ring is 1. The van der Waals surface area contributed by atoms with E-state index in [1.807, 2.05) is 0 Å². The van der Waals surface area contributed by atoms with Crippen LogP contribution in [0.5, 0.6) is 0 Å². The van der Waals surface area contributed by atoms with Gasteiger partial charge in [-0.2, -0.15) is 13.2 Å². The first kappa shape index (κ1) is 15.3. The van der Waals surface area contributed by atoms with Crippen molar-refractivity contribution in [1.82, 2.24) is 5.32 Å². The van der Waals surface area contributed by atoms with Crippen LogP contribution in [0.2, 0.25) is 0 Å². The van der Waals surface area contributed by atoms with E-state index in [0.717, 1.165) is 6.07 Å². The number of carboxylic acid groups (broad SMARTS) is 1. The minimum Gasteiger partial charge on any atom is -0.465 e. The van der Waals surface area contributed by atoms with E-state index in [0.29, 0.717) is 19.4 Å². The van der Waals surface area contributed by atoms with Crippen LogP contribution in [0.15, 0.2) is 18.2 Å². The quantitative estimate of drug-likeness (QED) is 0.734. The number of amides is 1. The molecule has 1 aromatic carbocycles. The van der Waals surface area contributed by atoms with E-state index in [4.69, 9.17) is 10.8 Å². The second-order valence-corrected chi connectivity index (χ2v) is 5.01. The number of nitrogens with two attached hydrogens (primary N) is 1. The van der Waals surface area contributed by atoms with Crippen LogP contribution in [0.1, 0.15) is 18.4 Å². The number of alkyl halides is 3. The highest BCUT2D eigenvalue weighted by Gasteiger charge is 2.36. The molecule has 8 heteroatoms. The van der Waals surface area contributed by atoms with Crippen LogP contribution in [0.3, 0.4) is 0 Å². The highest BCUT2D eigenvalue weighted by atomic mass is 19.4. The summed E-state index contributed by atoms with van der Waals surface area (Å²) in [5, 5.41) is 11.0. The Hall–Kier alpha value is -2.12. The van der Waals surface area contributed by atoms with Gasteiger partial charge in [-0.25, -0.2) is 4.79 Å². The van der Waals surface area contributed by atoms with E-state index in [2.05, 4.69) is 5.32 Å². The highest BCUT2D eigenvalue weighted by Crippen LogP contribution is 2.38. The number of rotatable bonds is 2. The maximum atomic E-state index is 13.1. The monoisotopic (exact) mass is 303 g/mol. The standard InChI is InChI=1S/C13H16F3N3O2/c14-13(15,16)10-6-8(17)3-4-11(10)19-5-1-2-9(7-19)18-12(20)21/h3-4,6,9,18H,1-2,5,7,17H2,(H,20,21)/t9-/m1/s1. The van der Waals surface area contributed by atoms with Crippen molar-refractivity contribution in [3.05, 3.63) is 23.8 Å². The zero-order valence-electron chi connectivity index (χ0n) is 11.2. The van der Waals surface area contributed by atoms with Gasteiger partial charge in [0, 0.05) is 30.5 Å². The maximum Gasteiger partial charge on any atom is 0.418 e. The average Bonchev–Trinajstić information content (AvgIpc) is 2.37. The van der Waals surface area contributed by atoms with Gasteiger partial charge in [-0.15, -0.1) is 0 Å². The molecule has 1 aliphatic heterocycles. The molecule has 2 rings (SSSR count). The summed E-state index contributed by atoms with van der Waals surface area (Å²) in [5.41, 5.74) is 4.73. The third-order valence-corrected chi connectivity index (χ3v) is 3.42. The molecule has 0 radical (unpaired) electrons. The molecule has 1 amide bonds. The second-order valence-electron chi connectivity index (χ2n) is 5.01. The van der Waals surface area contributed by atoms with Crippen LogP contribution >= 0.6 is 0 Å². The highest BCUT2D eigenvalue weighted by molar-refractivity contribution is 5.65. The second kappa shape index (κ2) is 5.71. The number of hydrogen-bond donors (Lipinski definition) is 3. The number of anilines is 2. The van der Waals surface area contributed by atoms with Crippen molar-refractivity contribution in [3.63, 3.8) is 0 Å². The molecule has 1 heterocycles. The van der Waals surface area contributed by atoms with Crippen molar-refractivity contribution in [3.8, 4) is 0 Å². The molecule has 4 N–H and O–H groups in total. The van der Waals surface area contributed by atoms with Gasteiger partial charge in [-0.1, -0.05) is 0 Å². The minimum atomic E-state index is -4.50. The minimum absolute atomic E-state index is 0.0357. The van der Waals surface area contributed by atoms with Crippen LogP contribution in [-0.4, -0.2) is 30.3 Å². The van der Waals surface area contributed by atoms with Crippen LogP contribution in [0.25, 0.3) is 0 Å². The predicted octanol–water partition coefficient (Wildman–Crippen LogP) is 2.52. The molecule has 0 unspecified atom stereocenters. The molecule has 0 saturated carbocycles. The van der Waals surface area contributed by atoms with E-state index in [1.165, 1.54) is 12.1 Å². The van der Waals surface area contributed by atoms with Crippen LogP contribution < -0.4 is 16.0 Å². The number of halogens is 3. The maximum absolute atomic E-state index is 13.1. The fraction of sp³-hybridized carbons (Fsp3) is 0.462. The van der Waals surface area contributed by atoms with Crippen molar-refractivity contribution in [2.75, 3.05) is 23.7 Å². The summed E-state index contributed by atoms with van der Waals surface area (Å²) in [6, 6.07) is 3.28. The Morgan fingerprint density at radius 2 is 2.14 bits per heavy atom. The third kappa shape index (κ3) is 3.71. The molecule has 1 aromatic rings. The van der Waals surface area contributed by atoms with Gasteiger partial charge >= 0.3 is 12.3 Å². The predicted molar refractivity (Wildman–Crippen MR) is 72.3 cm³/mol. The Labute approximate surface area is 119 Å². The van der Waals surface area contributed by atoms with Gasteiger partial charge in [0.05, 0.1) is 5.56 Å². The Balaban J connectivity index is 2.27. The molecule has 1 aliphatic rings. The molecular formula is C13H16F3N3O2.